The van der Waals surface area contributed by atoms with E-state index in [1.54, 1.807) is 24.3 Å². The summed E-state index contributed by atoms with van der Waals surface area (Å²) in [5.74, 6) is -1.37. The Balaban J connectivity index is 2.28. The first-order valence-corrected chi connectivity index (χ1v) is 7.16. The van der Waals surface area contributed by atoms with Crippen LogP contribution < -0.4 is 5.32 Å². The molecule has 2 aromatic carbocycles. The van der Waals surface area contributed by atoms with E-state index < -0.39 is 5.97 Å². The molecule has 0 radical (unpaired) electrons. The number of nitrogens with one attached hydrogen (secondary N) is 1. The second kappa shape index (κ2) is 6.19. The first-order valence-electron chi connectivity index (χ1n) is 5.57. The fraction of sp³-hybridized carbons (Fsp3) is 0. The average Bonchev–Trinajstić information content (AvgIpc) is 2.38. The van der Waals surface area contributed by atoms with Crippen LogP contribution in [0, 0.1) is 0 Å². The van der Waals surface area contributed by atoms with Crippen molar-refractivity contribution in [3.8, 4) is 0 Å². The van der Waals surface area contributed by atoms with Crippen LogP contribution in [-0.2, 0) is 0 Å². The maximum absolute atomic E-state index is 12.1. The molecule has 0 unspecified atom stereocenters. The lowest BCUT2D eigenvalue weighted by molar-refractivity contribution is 0.0696. The van der Waals surface area contributed by atoms with E-state index in [9.17, 15) is 9.59 Å². The summed E-state index contributed by atoms with van der Waals surface area (Å²) in [4.78, 5) is 23.1. The zero-order valence-electron chi connectivity index (χ0n) is 10.1. The molecule has 2 rings (SSSR count). The highest BCUT2D eigenvalue weighted by molar-refractivity contribution is 9.10. The van der Waals surface area contributed by atoms with Crippen molar-refractivity contribution in [3.05, 3.63) is 62.5 Å². The molecular formula is C14H9Br2NO3. The second-order valence-electron chi connectivity index (χ2n) is 3.97. The van der Waals surface area contributed by atoms with Gasteiger partial charge in [0.25, 0.3) is 5.91 Å². The predicted molar refractivity (Wildman–Crippen MR) is 83.2 cm³/mol. The molecule has 4 nitrogen and oxygen atoms in total. The summed E-state index contributed by atoms with van der Waals surface area (Å²) in [5, 5.41) is 11.7. The van der Waals surface area contributed by atoms with Crippen molar-refractivity contribution in [2.75, 3.05) is 5.32 Å². The Morgan fingerprint density at radius 2 is 1.75 bits per heavy atom. The van der Waals surface area contributed by atoms with Crippen LogP contribution in [0.3, 0.4) is 0 Å². The van der Waals surface area contributed by atoms with Crippen molar-refractivity contribution >= 4 is 49.4 Å². The summed E-state index contributed by atoms with van der Waals surface area (Å²) in [6.45, 7) is 0. The highest BCUT2D eigenvalue weighted by Crippen LogP contribution is 2.22. The number of benzene rings is 2. The fourth-order valence-electron chi connectivity index (χ4n) is 1.63. The van der Waals surface area contributed by atoms with Gasteiger partial charge in [0.05, 0.1) is 11.1 Å². The number of hydrogen-bond acceptors (Lipinski definition) is 2. The van der Waals surface area contributed by atoms with E-state index in [1.807, 2.05) is 6.07 Å². The zero-order chi connectivity index (χ0) is 14.7. The number of carbonyl (C=O) groups is 2. The lowest BCUT2D eigenvalue weighted by atomic mass is 10.2. The SMILES string of the molecule is O=C(O)c1cc(Br)cc(NC(=O)c2ccccc2Br)c1. The fourth-order valence-corrected chi connectivity index (χ4v) is 2.59. The van der Waals surface area contributed by atoms with Crippen LogP contribution in [0.2, 0.25) is 0 Å². The largest absolute Gasteiger partial charge is 0.478 e. The van der Waals surface area contributed by atoms with Crippen LogP contribution in [0.25, 0.3) is 0 Å². The number of amides is 1. The molecule has 0 bridgehead atoms. The van der Waals surface area contributed by atoms with Crippen LogP contribution in [0.4, 0.5) is 5.69 Å². The molecule has 2 N–H and O–H groups in total. The number of carboxylic acids is 1. The maximum Gasteiger partial charge on any atom is 0.335 e. The Hall–Kier alpha value is -1.66. The number of carboxylic acid groups (broad SMARTS) is 1. The summed E-state index contributed by atoms with van der Waals surface area (Å²) in [5.41, 5.74) is 0.990. The Morgan fingerprint density at radius 3 is 2.40 bits per heavy atom. The molecule has 0 heterocycles. The van der Waals surface area contributed by atoms with Crippen molar-refractivity contribution in [1.82, 2.24) is 0 Å². The molecule has 0 aliphatic rings. The number of halogens is 2. The van der Waals surface area contributed by atoms with Gasteiger partial charge in [-0.3, -0.25) is 4.79 Å². The van der Waals surface area contributed by atoms with Crippen LogP contribution in [-0.4, -0.2) is 17.0 Å². The van der Waals surface area contributed by atoms with Crippen LogP contribution >= 0.6 is 31.9 Å². The molecule has 20 heavy (non-hydrogen) atoms. The molecular weight excluding hydrogens is 390 g/mol. The molecule has 0 aromatic heterocycles. The van der Waals surface area contributed by atoms with E-state index in [0.29, 0.717) is 20.2 Å². The van der Waals surface area contributed by atoms with Gasteiger partial charge in [-0.2, -0.15) is 0 Å². The highest BCUT2D eigenvalue weighted by Gasteiger charge is 2.12. The predicted octanol–water partition coefficient (Wildman–Crippen LogP) is 4.16. The van der Waals surface area contributed by atoms with E-state index >= 15 is 0 Å². The van der Waals surface area contributed by atoms with E-state index in [0.717, 1.165) is 0 Å². The zero-order valence-corrected chi connectivity index (χ0v) is 13.2. The Bertz CT molecular complexity index is 686. The van der Waals surface area contributed by atoms with Gasteiger partial charge in [-0.05, 0) is 46.3 Å². The van der Waals surface area contributed by atoms with Gasteiger partial charge < -0.3 is 10.4 Å². The summed E-state index contributed by atoms with van der Waals surface area (Å²) < 4.78 is 1.26. The number of carbonyl (C=O) groups excluding carboxylic acids is 1. The van der Waals surface area contributed by atoms with Gasteiger partial charge in [-0.1, -0.05) is 28.1 Å². The van der Waals surface area contributed by atoms with Gasteiger partial charge in [0.1, 0.15) is 0 Å². The third-order valence-electron chi connectivity index (χ3n) is 2.52. The van der Waals surface area contributed by atoms with Crippen molar-refractivity contribution < 1.29 is 14.7 Å². The molecule has 1 amide bonds. The minimum absolute atomic E-state index is 0.0989. The van der Waals surface area contributed by atoms with Gasteiger partial charge in [-0.25, -0.2) is 4.79 Å². The van der Waals surface area contributed by atoms with Crippen molar-refractivity contribution in [3.63, 3.8) is 0 Å². The second-order valence-corrected chi connectivity index (χ2v) is 5.74. The van der Waals surface area contributed by atoms with Crippen LogP contribution in [0.15, 0.2) is 51.4 Å². The average molecular weight is 399 g/mol. The van der Waals surface area contributed by atoms with Crippen LogP contribution in [0.1, 0.15) is 20.7 Å². The number of anilines is 1. The van der Waals surface area contributed by atoms with Gasteiger partial charge in [-0.15, -0.1) is 0 Å². The quantitative estimate of drug-likeness (QED) is 0.815. The molecule has 0 spiro atoms. The summed E-state index contributed by atoms with van der Waals surface area (Å²) >= 11 is 6.52. The monoisotopic (exact) mass is 397 g/mol. The third kappa shape index (κ3) is 3.46. The van der Waals surface area contributed by atoms with E-state index in [1.165, 1.54) is 12.1 Å². The van der Waals surface area contributed by atoms with Crippen LogP contribution in [0.5, 0.6) is 0 Å². The molecule has 0 atom stereocenters. The molecule has 0 aliphatic carbocycles. The van der Waals surface area contributed by atoms with Crippen molar-refractivity contribution in [2.45, 2.75) is 0 Å². The molecule has 0 saturated carbocycles. The van der Waals surface area contributed by atoms with Crippen molar-refractivity contribution in [1.29, 1.82) is 0 Å². The van der Waals surface area contributed by atoms with Gasteiger partial charge >= 0.3 is 5.97 Å². The minimum atomic E-state index is -1.05. The van der Waals surface area contributed by atoms with Gasteiger partial charge in [0, 0.05) is 14.6 Å². The highest BCUT2D eigenvalue weighted by atomic mass is 79.9. The van der Waals surface area contributed by atoms with E-state index in [2.05, 4.69) is 37.2 Å². The lowest BCUT2D eigenvalue weighted by Gasteiger charge is -2.08. The third-order valence-corrected chi connectivity index (χ3v) is 3.67. The Kier molecular flexibility index (Phi) is 4.57. The molecule has 102 valence electrons. The Labute approximate surface area is 132 Å². The lowest BCUT2D eigenvalue weighted by Crippen LogP contribution is -2.13. The van der Waals surface area contributed by atoms with E-state index in [-0.39, 0.29) is 11.5 Å². The smallest absolute Gasteiger partial charge is 0.335 e. The van der Waals surface area contributed by atoms with Gasteiger partial charge in [0.15, 0.2) is 0 Å². The van der Waals surface area contributed by atoms with Gasteiger partial charge in [0.2, 0.25) is 0 Å². The molecule has 0 fully saturated rings. The van der Waals surface area contributed by atoms with E-state index in [4.69, 9.17) is 5.11 Å². The summed E-state index contributed by atoms with van der Waals surface area (Å²) in [6, 6.07) is 11.5. The topological polar surface area (TPSA) is 66.4 Å². The molecule has 2 aromatic rings. The summed E-state index contributed by atoms with van der Waals surface area (Å²) in [6.07, 6.45) is 0. The first-order chi connectivity index (χ1) is 9.47. The van der Waals surface area contributed by atoms with Crippen molar-refractivity contribution in [2.24, 2.45) is 0 Å². The molecule has 0 aliphatic heterocycles. The number of aromatic carboxylic acids is 1. The summed E-state index contributed by atoms with van der Waals surface area (Å²) in [7, 11) is 0. The number of hydrogen-bond donors (Lipinski definition) is 2. The molecule has 6 heteroatoms. The maximum atomic E-state index is 12.1. The minimum Gasteiger partial charge on any atom is -0.478 e. The standard InChI is InChI=1S/C14H9Br2NO3/c15-9-5-8(14(19)20)6-10(7-9)17-13(18)11-3-1-2-4-12(11)16/h1-7H,(H,17,18)(H,19,20). The Morgan fingerprint density at radius 1 is 1.05 bits per heavy atom. The normalized spacial score (nSPS) is 10.1. The first kappa shape index (κ1) is 14.7. The molecule has 0 saturated heterocycles. The number of rotatable bonds is 3.